The van der Waals surface area contributed by atoms with E-state index in [1.807, 2.05) is 11.0 Å². The lowest BCUT2D eigenvalue weighted by molar-refractivity contribution is -0.135. The second-order valence-electron chi connectivity index (χ2n) is 6.05. The average Bonchev–Trinajstić information content (AvgIpc) is 3.09. The monoisotopic (exact) mass is 284 g/mol. The topological polar surface area (TPSA) is 23.6 Å². The van der Waals surface area contributed by atoms with Gasteiger partial charge in [-0.3, -0.25) is 9.69 Å². The van der Waals surface area contributed by atoms with Gasteiger partial charge in [0.2, 0.25) is 5.91 Å². The molecule has 3 rings (SSSR count). The number of rotatable bonds is 3. The summed E-state index contributed by atoms with van der Waals surface area (Å²) in [5.74, 6) is 0.292. The number of carbonyl (C=O) groups excluding carboxylic acids is 1. The molecule has 1 fully saturated rings. The van der Waals surface area contributed by atoms with Crippen LogP contribution >= 0.6 is 0 Å². The first-order valence-corrected chi connectivity index (χ1v) is 8.03. The number of hydrogen-bond donors (Lipinski definition) is 0. The predicted molar refractivity (Wildman–Crippen MR) is 85.9 cm³/mol. The van der Waals surface area contributed by atoms with Crippen LogP contribution in [-0.4, -0.2) is 47.9 Å². The molecule has 2 heterocycles. The van der Waals surface area contributed by atoms with Crippen molar-refractivity contribution in [1.29, 1.82) is 0 Å². The van der Waals surface area contributed by atoms with Crippen LogP contribution in [-0.2, 0) is 4.79 Å². The van der Waals surface area contributed by atoms with Gasteiger partial charge in [-0.2, -0.15) is 0 Å². The molecule has 1 unspecified atom stereocenters. The number of nitrogens with zero attached hydrogens (tertiary/aromatic N) is 2. The second-order valence-corrected chi connectivity index (χ2v) is 6.05. The molecular formula is C18H24N2O. The Morgan fingerprint density at radius 3 is 2.43 bits per heavy atom. The Bertz CT molecular complexity index is 517. The first-order chi connectivity index (χ1) is 10.3. The molecule has 0 bridgehead atoms. The van der Waals surface area contributed by atoms with Crippen molar-refractivity contribution in [2.24, 2.45) is 0 Å². The summed E-state index contributed by atoms with van der Waals surface area (Å²) in [6.07, 6.45) is 5.64. The smallest absolute Gasteiger partial charge is 0.239 e. The van der Waals surface area contributed by atoms with Crippen molar-refractivity contribution < 1.29 is 4.79 Å². The number of benzene rings is 1. The standard InChI is InChI=1S/C18H24N2O/c1-15(19-11-5-6-12-19)18(21)20-13-9-17(10-14-20)16-7-3-2-4-8-16/h2-4,7-9,15H,5-6,10-14H2,1H3. The van der Waals surface area contributed by atoms with Crippen LogP contribution < -0.4 is 0 Å². The second kappa shape index (κ2) is 6.44. The largest absolute Gasteiger partial charge is 0.337 e. The molecule has 0 saturated carbocycles. The summed E-state index contributed by atoms with van der Waals surface area (Å²) in [6.45, 7) is 5.81. The fourth-order valence-electron chi connectivity index (χ4n) is 3.33. The summed E-state index contributed by atoms with van der Waals surface area (Å²) in [5.41, 5.74) is 2.66. The number of carbonyl (C=O) groups is 1. The first-order valence-electron chi connectivity index (χ1n) is 8.03. The zero-order chi connectivity index (χ0) is 14.7. The van der Waals surface area contributed by atoms with E-state index in [0.717, 1.165) is 32.6 Å². The van der Waals surface area contributed by atoms with Gasteiger partial charge in [0.15, 0.2) is 0 Å². The van der Waals surface area contributed by atoms with E-state index in [-0.39, 0.29) is 6.04 Å². The highest BCUT2D eigenvalue weighted by molar-refractivity contribution is 5.83. The molecule has 3 heteroatoms. The summed E-state index contributed by atoms with van der Waals surface area (Å²) in [5, 5.41) is 0. The van der Waals surface area contributed by atoms with Gasteiger partial charge in [0, 0.05) is 13.1 Å². The van der Waals surface area contributed by atoms with E-state index in [9.17, 15) is 4.79 Å². The molecule has 0 aliphatic carbocycles. The van der Waals surface area contributed by atoms with Crippen molar-refractivity contribution in [2.45, 2.75) is 32.2 Å². The number of hydrogen-bond acceptors (Lipinski definition) is 2. The van der Waals surface area contributed by atoms with Gasteiger partial charge in [0.1, 0.15) is 0 Å². The molecule has 1 saturated heterocycles. The lowest BCUT2D eigenvalue weighted by Gasteiger charge is -2.32. The maximum atomic E-state index is 12.6. The van der Waals surface area contributed by atoms with E-state index < -0.39 is 0 Å². The quantitative estimate of drug-likeness (QED) is 0.852. The van der Waals surface area contributed by atoms with Crippen molar-refractivity contribution in [3.05, 3.63) is 42.0 Å². The minimum Gasteiger partial charge on any atom is -0.337 e. The van der Waals surface area contributed by atoms with Gasteiger partial charge in [-0.25, -0.2) is 0 Å². The zero-order valence-electron chi connectivity index (χ0n) is 12.8. The third-order valence-corrected chi connectivity index (χ3v) is 4.71. The Kier molecular flexibility index (Phi) is 4.39. The summed E-state index contributed by atoms with van der Waals surface area (Å²) in [6, 6.07) is 10.5. The third-order valence-electron chi connectivity index (χ3n) is 4.71. The molecule has 2 aliphatic rings. The predicted octanol–water partition coefficient (Wildman–Crippen LogP) is 2.79. The number of amides is 1. The maximum Gasteiger partial charge on any atom is 0.239 e. The summed E-state index contributed by atoms with van der Waals surface area (Å²) in [7, 11) is 0. The molecule has 1 aromatic rings. The third kappa shape index (κ3) is 3.18. The minimum absolute atomic E-state index is 0.0409. The fraction of sp³-hybridized carbons (Fsp3) is 0.500. The van der Waals surface area contributed by atoms with E-state index in [1.165, 1.54) is 24.0 Å². The molecule has 1 amide bonds. The van der Waals surface area contributed by atoms with Crippen LogP contribution in [0.1, 0.15) is 31.7 Å². The molecule has 21 heavy (non-hydrogen) atoms. The van der Waals surface area contributed by atoms with Crippen LogP contribution in [0.5, 0.6) is 0 Å². The molecule has 3 nitrogen and oxygen atoms in total. The van der Waals surface area contributed by atoms with Crippen molar-refractivity contribution in [3.63, 3.8) is 0 Å². The fourth-order valence-corrected chi connectivity index (χ4v) is 3.33. The number of likely N-dealkylation sites (tertiary alicyclic amines) is 1. The normalized spacial score (nSPS) is 21.2. The Morgan fingerprint density at radius 1 is 1.10 bits per heavy atom. The highest BCUT2D eigenvalue weighted by atomic mass is 16.2. The van der Waals surface area contributed by atoms with Gasteiger partial charge in [-0.1, -0.05) is 36.4 Å². The van der Waals surface area contributed by atoms with Crippen LogP contribution in [0, 0.1) is 0 Å². The molecule has 0 N–H and O–H groups in total. The SMILES string of the molecule is CC(C(=O)N1CC=C(c2ccccc2)CC1)N1CCCC1. The highest BCUT2D eigenvalue weighted by Gasteiger charge is 2.28. The van der Waals surface area contributed by atoms with Crippen LogP contribution in [0.2, 0.25) is 0 Å². The van der Waals surface area contributed by atoms with E-state index in [1.54, 1.807) is 0 Å². The summed E-state index contributed by atoms with van der Waals surface area (Å²) >= 11 is 0. The van der Waals surface area contributed by atoms with Gasteiger partial charge in [-0.05, 0) is 50.4 Å². The highest BCUT2D eigenvalue weighted by Crippen LogP contribution is 2.23. The van der Waals surface area contributed by atoms with E-state index in [2.05, 4.69) is 42.2 Å². The molecule has 0 spiro atoms. The van der Waals surface area contributed by atoms with Crippen molar-refractivity contribution in [3.8, 4) is 0 Å². The van der Waals surface area contributed by atoms with Gasteiger partial charge in [0.05, 0.1) is 6.04 Å². The summed E-state index contributed by atoms with van der Waals surface area (Å²) in [4.78, 5) is 16.9. The molecule has 1 aromatic carbocycles. The lowest BCUT2D eigenvalue weighted by Crippen LogP contribution is -2.47. The summed E-state index contributed by atoms with van der Waals surface area (Å²) < 4.78 is 0. The van der Waals surface area contributed by atoms with Crippen LogP contribution in [0.25, 0.3) is 5.57 Å². The zero-order valence-corrected chi connectivity index (χ0v) is 12.8. The molecule has 2 aliphatic heterocycles. The van der Waals surface area contributed by atoms with Gasteiger partial charge in [0.25, 0.3) is 0 Å². The molecule has 112 valence electrons. The van der Waals surface area contributed by atoms with Crippen LogP contribution in [0.15, 0.2) is 36.4 Å². The Morgan fingerprint density at radius 2 is 1.81 bits per heavy atom. The van der Waals surface area contributed by atoms with Gasteiger partial charge in [-0.15, -0.1) is 0 Å². The molecular weight excluding hydrogens is 260 g/mol. The minimum atomic E-state index is 0.0409. The maximum absolute atomic E-state index is 12.6. The van der Waals surface area contributed by atoms with Gasteiger partial charge < -0.3 is 4.90 Å². The van der Waals surface area contributed by atoms with Gasteiger partial charge >= 0.3 is 0 Å². The van der Waals surface area contributed by atoms with Crippen LogP contribution in [0.3, 0.4) is 0 Å². The Balaban J connectivity index is 1.62. The van der Waals surface area contributed by atoms with E-state index in [0.29, 0.717) is 5.91 Å². The van der Waals surface area contributed by atoms with Crippen LogP contribution in [0.4, 0.5) is 0 Å². The Labute approximate surface area is 127 Å². The van der Waals surface area contributed by atoms with E-state index >= 15 is 0 Å². The molecule has 0 aromatic heterocycles. The lowest BCUT2D eigenvalue weighted by atomic mass is 9.99. The van der Waals surface area contributed by atoms with E-state index in [4.69, 9.17) is 0 Å². The van der Waals surface area contributed by atoms with Crippen molar-refractivity contribution >= 4 is 11.5 Å². The van der Waals surface area contributed by atoms with Crippen molar-refractivity contribution in [1.82, 2.24) is 9.80 Å². The van der Waals surface area contributed by atoms with Crippen molar-refractivity contribution in [2.75, 3.05) is 26.2 Å². The average molecular weight is 284 g/mol. The molecule has 1 atom stereocenters. The molecule has 0 radical (unpaired) electrons. The Hall–Kier alpha value is -1.61. The first kappa shape index (κ1) is 14.3.